The number of alkyl halides is 1. The molecule has 0 spiro atoms. The zero-order valence-corrected chi connectivity index (χ0v) is 12.3. The first kappa shape index (κ1) is 13.1. The number of aromatic nitrogens is 5. The summed E-state index contributed by atoms with van der Waals surface area (Å²) < 4.78 is 4.16. The summed E-state index contributed by atoms with van der Waals surface area (Å²) >= 11 is 6.04. The van der Waals surface area contributed by atoms with Crippen LogP contribution in [0.5, 0.6) is 0 Å². The number of nitrogens with zero attached hydrogens (tertiary/aromatic N) is 5. The highest BCUT2D eigenvalue weighted by Crippen LogP contribution is 2.22. The average molecular weight is 290 g/mol. The molecule has 20 heavy (non-hydrogen) atoms. The molecule has 0 radical (unpaired) electrons. The van der Waals surface area contributed by atoms with Gasteiger partial charge in [-0.2, -0.15) is 0 Å². The van der Waals surface area contributed by atoms with E-state index < -0.39 is 0 Å². The number of hydrogen-bond donors (Lipinski definition) is 0. The van der Waals surface area contributed by atoms with E-state index in [4.69, 9.17) is 11.6 Å². The monoisotopic (exact) mass is 289 g/mol. The van der Waals surface area contributed by atoms with E-state index in [0.29, 0.717) is 12.4 Å². The third-order valence-corrected chi connectivity index (χ3v) is 3.74. The second-order valence-corrected chi connectivity index (χ2v) is 4.99. The van der Waals surface area contributed by atoms with Gasteiger partial charge in [-0.3, -0.25) is 0 Å². The minimum Gasteiger partial charge on any atom is -0.319 e. The van der Waals surface area contributed by atoms with Crippen LogP contribution in [0.4, 0.5) is 0 Å². The number of imidazole rings is 1. The summed E-state index contributed by atoms with van der Waals surface area (Å²) in [5, 5.41) is 8.17. The number of rotatable bonds is 4. The molecule has 5 nitrogen and oxygen atoms in total. The van der Waals surface area contributed by atoms with Gasteiger partial charge in [0.2, 0.25) is 0 Å². The van der Waals surface area contributed by atoms with Crippen molar-refractivity contribution in [1.29, 1.82) is 0 Å². The molecule has 0 saturated carbocycles. The maximum absolute atomic E-state index is 6.04. The number of aryl methyl sites for hydroxylation is 2. The molecule has 0 atom stereocenters. The van der Waals surface area contributed by atoms with Gasteiger partial charge in [-0.1, -0.05) is 12.1 Å². The van der Waals surface area contributed by atoms with Gasteiger partial charge in [0, 0.05) is 6.54 Å². The second-order valence-electron chi connectivity index (χ2n) is 4.72. The van der Waals surface area contributed by atoms with E-state index >= 15 is 0 Å². The Morgan fingerprint density at radius 2 is 2.10 bits per heavy atom. The number of hydrogen-bond acceptors (Lipinski definition) is 3. The van der Waals surface area contributed by atoms with Crippen molar-refractivity contribution in [2.45, 2.75) is 32.8 Å². The minimum atomic E-state index is 0.383. The molecular formula is C14H16ClN5. The third-order valence-electron chi connectivity index (χ3n) is 3.50. The van der Waals surface area contributed by atoms with Gasteiger partial charge in [0.1, 0.15) is 12.2 Å². The zero-order valence-electron chi connectivity index (χ0n) is 11.5. The Balaban J connectivity index is 2.14. The SMILES string of the molecule is CCn1cnnc1Cn1c(CCl)nc2cccc(C)c21. The molecular weight excluding hydrogens is 274 g/mol. The number of para-hydroxylation sites is 1. The Morgan fingerprint density at radius 3 is 2.85 bits per heavy atom. The largest absolute Gasteiger partial charge is 0.319 e. The predicted molar refractivity (Wildman–Crippen MR) is 78.8 cm³/mol. The van der Waals surface area contributed by atoms with Crippen molar-refractivity contribution in [2.75, 3.05) is 0 Å². The Hall–Kier alpha value is -1.88. The second kappa shape index (κ2) is 5.25. The molecule has 2 aromatic heterocycles. The van der Waals surface area contributed by atoms with Crippen molar-refractivity contribution in [1.82, 2.24) is 24.3 Å². The topological polar surface area (TPSA) is 48.5 Å². The molecule has 0 amide bonds. The van der Waals surface area contributed by atoms with E-state index in [1.54, 1.807) is 6.33 Å². The summed E-state index contributed by atoms with van der Waals surface area (Å²) in [5.41, 5.74) is 3.28. The molecule has 0 aliphatic carbocycles. The summed E-state index contributed by atoms with van der Waals surface area (Å²) in [4.78, 5) is 4.60. The van der Waals surface area contributed by atoms with Crippen LogP contribution in [0, 0.1) is 6.92 Å². The maximum atomic E-state index is 6.04. The van der Waals surface area contributed by atoms with Crippen LogP contribution in [-0.2, 0) is 19.0 Å². The molecule has 3 aromatic rings. The lowest BCUT2D eigenvalue weighted by Gasteiger charge is -2.09. The predicted octanol–water partition coefficient (Wildman–Crippen LogP) is 2.74. The smallest absolute Gasteiger partial charge is 0.152 e. The number of fused-ring (bicyclic) bond motifs is 1. The Bertz CT molecular complexity index is 743. The van der Waals surface area contributed by atoms with E-state index in [1.165, 1.54) is 5.56 Å². The highest BCUT2D eigenvalue weighted by molar-refractivity contribution is 6.16. The average Bonchev–Trinajstić information content (AvgIpc) is 3.04. The Morgan fingerprint density at radius 1 is 1.25 bits per heavy atom. The molecule has 2 heterocycles. The van der Waals surface area contributed by atoms with Crippen molar-refractivity contribution in [3.63, 3.8) is 0 Å². The Labute approximate surface area is 122 Å². The van der Waals surface area contributed by atoms with Gasteiger partial charge in [0.15, 0.2) is 5.82 Å². The van der Waals surface area contributed by atoms with Crippen LogP contribution < -0.4 is 0 Å². The van der Waals surface area contributed by atoms with Crippen molar-refractivity contribution >= 4 is 22.6 Å². The molecule has 0 bridgehead atoms. The molecule has 0 aliphatic rings. The normalized spacial score (nSPS) is 11.3. The third kappa shape index (κ3) is 2.08. The Kier molecular flexibility index (Phi) is 3.44. The quantitative estimate of drug-likeness (QED) is 0.694. The molecule has 0 saturated heterocycles. The standard InChI is InChI=1S/C14H16ClN5/c1-3-19-9-16-18-13(19)8-20-12(7-15)17-11-6-4-5-10(2)14(11)20/h4-6,9H,3,7-8H2,1-2H3. The number of halogens is 1. The summed E-state index contributed by atoms with van der Waals surface area (Å²) in [5.74, 6) is 2.16. The summed E-state index contributed by atoms with van der Waals surface area (Å²) in [7, 11) is 0. The fourth-order valence-corrected chi connectivity index (χ4v) is 2.70. The molecule has 0 aliphatic heterocycles. The first-order valence-corrected chi connectivity index (χ1v) is 7.15. The van der Waals surface area contributed by atoms with Crippen molar-refractivity contribution in [2.24, 2.45) is 0 Å². The summed E-state index contributed by atoms with van der Waals surface area (Å²) in [6, 6.07) is 6.12. The maximum Gasteiger partial charge on any atom is 0.152 e. The van der Waals surface area contributed by atoms with E-state index in [9.17, 15) is 0 Å². The molecule has 1 aromatic carbocycles. The van der Waals surface area contributed by atoms with Crippen molar-refractivity contribution < 1.29 is 0 Å². The first-order valence-electron chi connectivity index (χ1n) is 6.62. The molecule has 0 unspecified atom stereocenters. The van der Waals surface area contributed by atoms with Gasteiger partial charge in [0.05, 0.1) is 23.5 Å². The fraction of sp³-hybridized carbons (Fsp3) is 0.357. The summed E-state index contributed by atoms with van der Waals surface area (Å²) in [6.45, 7) is 5.65. The minimum absolute atomic E-state index is 0.383. The molecule has 104 valence electrons. The molecule has 3 rings (SSSR count). The number of benzene rings is 1. The van der Waals surface area contributed by atoms with Gasteiger partial charge >= 0.3 is 0 Å². The van der Waals surface area contributed by atoms with Crippen LogP contribution in [0.25, 0.3) is 11.0 Å². The van der Waals surface area contributed by atoms with Crippen LogP contribution in [0.2, 0.25) is 0 Å². The van der Waals surface area contributed by atoms with Crippen LogP contribution in [0.3, 0.4) is 0 Å². The molecule has 6 heteroatoms. The van der Waals surface area contributed by atoms with E-state index in [0.717, 1.165) is 29.2 Å². The van der Waals surface area contributed by atoms with Gasteiger partial charge in [0.25, 0.3) is 0 Å². The van der Waals surface area contributed by atoms with Crippen molar-refractivity contribution in [3.05, 3.63) is 41.7 Å². The van der Waals surface area contributed by atoms with Gasteiger partial charge < -0.3 is 9.13 Å². The highest BCUT2D eigenvalue weighted by Gasteiger charge is 2.14. The fourth-order valence-electron chi connectivity index (χ4n) is 2.49. The van der Waals surface area contributed by atoms with Crippen molar-refractivity contribution in [3.8, 4) is 0 Å². The van der Waals surface area contributed by atoms with Crippen LogP contribution >= 0.6 is 11.6 Å². The molecule has 0 N–H and O–H groups in total. The van der Waals surface area contributed by atoms with E-state index in [2.05, 4.69) is 39.7 Å². The van der Waals surface area contributed by atoms with Gasteiger partial charge in [-0.25, -0.2) is 4.98 Å². The highest BCUT2D eigenvalue weighted by atomic mass is 35.5. The lowest BCUT2D eigenvalue weighted by atomic mass is 10.2. The van der Waals surface area contributed by atoms with Crippen LogP contribution in [0.1, 0.15) is 24.1 Å². The lowest BCUT2D eigenvalue weighted by molar-refractivity contribution is 0.648. The van der Waals surface area contributed by atoms with Gasteiger partial charge in [-0.05, 0) is 25.5 Å². The first-order chi connectivity index (χ1) is 9.74. The lowest BCUT2D eigenvalue weighted by Crippen LogP contribution is -2.10. The van der Waals surface area contributed by atoms with Crippen LogP contribution in [-0.4, -0.2) is 24.3 Å². The molecule has 0 fully saturated rings. The van der Waals surface area contributed by atoms with Gasteiger partial charge in [-0.15, -0.1) is 21.8 Å². The van der Waals surface area contributed by atoms with E-state index in [-0.39, 0.29) is 0 Å². The summed E-state index contributed by atoms with van der Waals surface area (Å²) in [6.07, 6.45) is 1.75. The van der Waals surface area contributed by atoms with Crippen LogP contribution in [0.15, 0.2) is 24.5 Å². The van der Waals surface area contributed by atoms with E-state index in [1.807, 2.05) is 16.7 Å². The zero-order chi connectivity index (χ0) is 14.1.